The number of hydrogen-bond acceptors (Lipinski definition) is 5. The lowest BCUT2D eigenvalue weighted by atomic mass is 10.1. The predicted molar refractivity (Wildman–Crippen MR) is 117 cm³/mol. The van der Waals surface area contributed by atoms with Crippen LogP contribution in [-0.2, 0) is 17.6 Å². The maximum atomic E-state index is 12.7. The smallest absolute Gasteiger partial charge is 0.226 e. The molecule has 1 aromatic heterocycles. The van der Waals surface area contributed by atoms with Crippen LogP contribution in [0.4, 0.5) is 0 Å². The number of benzene rings is 2. The van der Waals surface area contributed by atoms with Crippen molar-refractivity contribution in [1.29, 1.82) is 0 Å². The number of amides is 1. The van der Waals surface area contributed by atoms with Crippen molar-refractivity contribution in [2.45, 2.75) is 19.3 Å². The van der Waals surface area contributed by atoms with Gasteiger partial charge in [0, 0.05) is 36.1 Å². The molecule has 1 amide bonds. The summed E-state index contributed by atoms with van der Waals surface area (Å²) in [7, 11) is 1.82. The van der Waals surface area contributed by atoms with E-state index in [9.17, 15) is 4.79 Å². The fraction of sp³-hybridized carbons (Fsp3) is 0.304. The van der Waals surface area contributed by atoms with Crippen molar-refractivity contribution in [3.63, 3.8) is 0 Å². The van der Waals surface area contributed by atoms with Gasteiger partial charge in [0.1, 0.15) is 24.7 Å². The molecule has 0 saturated heterocycles. The van der Waals surface area contributed by atoms with E-state index in [0.717, 1.165) is 39.9 Å². The highest BCUT2D eigenvalue weighted by Gasteiger charge is 2.18. The Bertz CT molecular complexity index is 1020. The second-order valence-electron chi connectivity index (χ2n) is 7.23. The maximum absolute atomic E-state index is 12.7. The summed E-state index contributed by atoms with van der Waals surface area (Å²) in [5.41, 5.74) is 2.75. The van der Waals surface area contributed by atoms with Gasteiger partial charge in [-0.05, 0) is 24.1 Å². The van der Waals surface area contributed by atoms with Gasteiger partial charge in [0.15, 0.2) is 11.5 Å². The Morgan fingerprint density at radius 1 is 1.10 bits per heavy atom. The maximum Gasteiger partial charge on any atom is 0.226 e. The van der Waals surface area contributed by atoms with E-state index in [0.29, 0.717) is 37.7 Å². The summed E-state index contributed by atoms with van der Waals surface area (Å²) in [5, 5.41) is 4.14. The van der Waals surface area contributed by atoms with Crippen LogP contribution in [0.25, 0.3) is 11.3 Å². The van der Waals surface area contributed by atoms with E-state index in [1.165, 1.54) is 0 Å². The van der Waals surface area contributed by atoms with Gasteiger partial charge >= 0.3 is 0 Å². The lowest BCUT2D eigenvalue weighted by Crippen LogP contribution is -2.29. The molecule has 3 aromatic rings. The molecular formula is C23H23BrN2O4. The molecule has 30 heavy (non-hydrogen) atoms. The lowest BCUT2D eigenvalue weighted by Gasteiger charge is -2.21. The molecule has 0 fully saturated rings. The molecule has 0 radical (unpaired) electrons. The topological polar surface area (TPSA) is 64.8 Å². The third-order valence-electron chi connectivity index (χ3n) is 5.02. The molecule has 1 aliphatic rings. The molecule has 0 aliphatic carbocycles. The number of carbonyl (C=O) groups is 1. The average Bonchev–Trinajstić information content (AvgIpc) is 3.23. The van der Waals surface area contributed by atoms with Crippen LogP contribution in [-0.4, -0.2) is 42.8 Å². The number of aromatic nitrogens is 1. The summed E-state index contributed by atoms with van der Waals surface area (Å²) >= 11 is 3.53. The summed E-state index contributed by atoms with van der Waals surface area (Å²) in [6, 6.07) is 15.6. The van der Waals surface area contributed by atoms with Crippen LogP contribution >= 0.6 is 15.9 Å². The van der Waals surface area contributed by atoms with Crippen LogP contribution in [0, 0.1) is 0 Å². The van der Waals surface area contributed by atoms with E-state index in [1.54, 1.807) is 4.90 Å². The van der Waals surface area contributed by atoms with Gasteiger partial charge in [-0.3, -0.25) is 4.79 Å². The number of rotatable bonds is 7. The SMILES string of the molecule is CN(CCCc1cc(-c2ccccc2)no1)C(=O)Cc1cc2c(cc1Br)OCCO2. The molecule has 0 saturated carbocycles. The summed E-state index contributed by atoms with van der Waals surface area (Å²) in [6.45, 7) is 1.70. The number of aryl methyl sites for hydroxylation is 1. The Kier molecular flexibility index (Phi) is 6.38. The molecule has 4 rings (SSSR count). The quantitative estimate of drug-likeness (QED) is 0.508. The zero-order valence-electron chi connectivity index (χ0n) is 16.8. The van der Waals surface area contributed by atoms with E-state index < -0.39 is 0 Å². The summed E-state index contributed by atoms with van der Waals surface area (Å²) in [5.74, 6) is 2.27. The standard InChI is InChI=1S/C23H23BrN2O4/c1-26(9-5-8-18-14-20(25-30-18)16-6-3-2-4-7-16)23(27)13-17-12-21-22(15-19(17)24)29-11-10-28-21/h2-4,6-7,12,14-15H,5,8-11,13H2,1H3. The van der Waals surface area contributed by atoms with E-state index >= 15 is 0 Å². The summed E-state index contributed by atoms with van der Waals surface area (Å²) in [6.07, 6.45) is 1.83. The van der Waals surface area contributed by atoms with E-state index in [-0.39, 0.29) is 5.91 Å². The second-order valence-corrected chi connectivity index (χ2v) is 8.08. The minimum Gasteiger partial charge on any atom is -0.486 e. The molecule has 6 nitrogen and oxygen atoms in total. The lowest BCUT2D eigenvalue weighted by molar-refractivity contribution is -0.129. The number of nitrogens with zero attached hydrogens (tertiary/aromatic N) is 2. The number of fused-ring (bicyclic) bond motifs is 1. The number of carbonyl (C=O) groups excluding carboxylic acids is 1. The van der Waals surface area contributed by atoms with Gasteiger partial charge in [0.2, 0.25) is 5.91 Å². The van der Waals surface area contributed by atoms with Crippen molar-refractivity contribution in [3.8, 4) is 22.8 Å². The Balaban J connectivity index is 1.29. The van der Waals surface area contributed by atoms with E-state index in [4.69, 9.17) is 14.0 Å². The van der Waals surface area contributed by atoms with Gasteiger partial charge in [0.05, 0.1) is 6.42 Å². The van der Waals surface area contributed by atoms with Crippen molar-refractivity contribution in [3.05, 3.63) is 64.3 Å². The largest absolute Gasteiger partial charge is 0.486 e. The van der Waals surface area contributed by atoms with Gasteiger partial charge in [-0.15, -0.1) is 0 Å². The molecular weight excluding hydrogens is 448 g/mol. The van der Waals surface area contributed by atoms with Crippen LogP contribution in [0.15, 0.2) is 57.5 Å². The highest BCUT2D eigenvalue weighted by atomic mass is 79.9. The van der Waals surface area contributed by atoms with Gasteiger partial charge in [0.25, 0.3) is 0 Å². The first-order valence-corrected chi connectivity index (χ1v) is 10.7. The minimum absolute atomic E-state index is 0.0509. The minimum atomic E-state index is 0.0509. The Labute approximate surface area is 183 Å². The van der Waals surface area contributed by atoms with Gasteiger partial charge < -0.3 is 18.9 Å². The monoisotopic (exact) mass is 470 g/mol. The molecule has 2 aromatic carbocycles. The number of ether oxygens (including phenoxy) is 2. The fourth-order valence-electron chi connectivity index (χ4n) is 3.33. The Morgan fingerprint density at radius 3 is 2.60 bits per heavy atom. The second kappa shape index (κ2) is 9.34. The highest BCUT2D eigenvalue weighted by Crippen LogP contribution is 2.35. The van der Waals surface area contributed by atoms with Crippen LogP contribution in [0.2, 0.25) is 0 Å². The van der Waals surface area contributed by atoms with Crippen molar-refractivity contribution in [2.75, 3.05) is 26.8 Å². The van der Waals surface area contributed by atoms with Crippen LogP contribution in [0.5, 0.6) is 11.5 Å². The molecule has 2 heterocycles. The van der Waals surface area contributed by atoms with Crippen molar-refractivity contribution >= 4 is 21.8 Å². The average molecular weight is 471 g/mol. The number of hydrogen-bond donors (Lipinski definition) is 0. The molecule has 7 heteroatoms. The first kappa shape index (κ1) is 20.5. The van der Waals surface area contributed by atoms with Gasteiger partial charge in [-0.25, -0.2) is 0 Å². The van der Waals surface area contributed by atoms with E-state index in [2.05, 4.69) is 21.1 Å². The third-order valence-corrected chi connectivity index (χ3v) is 5.76. The highest BCUT2D eigenvalue weighted by molar-refractivity contribution is 9.10. The van der Waals surface area contributed by atoms with Crippen LogP contribution < -0.4 is 9.47 Å². The summed E-state index contributed by atoms with van der Waals surface area (Å²) in [4.78, 5) is 14.4. The first-order valence-electron chi connectivity index (χ1n) is 9.93. The molecule has 0 spiro atoms. The zero-order valence-corrected chi connectivity index (χ0v) is 18.4. The van der Waals surface area contributed by atoms with Crippen LogP contribution in [0.3, 0.4) is 0 Å². The molecule has 1 aliphatic heterocycles. The number of likely N-dealkylation sites (N-methyl/N-ethyl adjacent to an activating group) is 1. The third kappa shape index (κ3) is 4.84. The van der Waals surface area contributed by atoms with Crippen LogP contribution in [0.1, 0.15) is 17.7 Å². The van der Waals surface area contributed by atoms with Gasteiger partial charge in [-0.1, -0.05) is 51.4 Å². The van der Waals surface area contributed by atoms with Crippen molar-refractivity contribution < 1.29 is 18.8 Å². The predicted octanol–water partition coefficient (Wildman–Crippen LogP) is 4.51. The van der Waals surface area contributed by atoms with Crippen molar-refractivity contribution in [2.24, 2.45) is 0 Å². The van der Waals surface area contributed by atoms with Gasteiger partial charge in [-0.2, -0.15) is 0 Å². The molecule has 0 bridgehead atoms. The van der Waals surface area contributed by atoms with Crippen molar-refractivity contribution in [1.82, 2.24) is 10.1 Å². The molecule has 156 valence electrons. The first-order chi connectivity index (χ1) is 14.6. The van der Waals surface area contributed by atoms with E-state index in [1.807, 2.05) is 55.6 Å². The normalized spacial score (nSPS) is 12.6. The molecule has 0 N–H and O–H groups in total. The Morgan fingerprint density at radius 2 is 1.83 bits per heavy atom. The zero-order chi connectivity index (χ0) is 20.9. The fourth-order valence-corrected chi connectivity index (χ4v) is 3.79. The Hall–Kier alpha value is -2.80. The molecule has 0 unspecified atom stereocenters. The molecule has 0 atom stereocenters. The number of halogens is 1. The summed E-state index contributed by atoms with van der Waals surface area (Å²) < 4.78 is 17.5.